The van der Waals surface area contributed by atoms with Crippen LogP contribution in [0.5, 0.6) is 0 Å². The minimum atomic E-state index is -5.61. The van der Waals surface area contributed by atoms with Crippen LogP contribution >= 0.6 is 16.4 Å². The van der Waals surface area contributed by atoms with Gasteiger partial charge in [0, 0.05) is 11.5 Å². The fraction of sp³-hybridized carbons (Fsp3) is 0.811. The van der Waals surface area contributed by atoms with Crippen molar-refractivity contribution in [3.63, 3.8) is 0 Å². The first-order valence-corrected chi connectivity index (χ1v) is 29.5. The summed E-state index contributed by atoms with van der Waals surface area (Å²) in [5, 5.41) is 70.8. The average molecular weight is 1190 g/mol. The van der Waals surface area contributed by atoms with Crippen LogP contribution in [0.3, 0.4) is 0 Å². The van der Waals surface area contributed by atoms with Crippen LogP contribution in [0.15, 0.2) is 25.3 Å². The van der Waals surface area contributed by atoms with Crippen LogP contribution in [-0.2, 0) is 66.2 Å². The Morgan fingerprint density at radius 3 is 1.81 bits per heavy atom. The highest BCUT2D eigenvalue weighted by Gasteiger charge is 2.54. The lowest BCUT2D eigenvalue weighted by molar-refractivity contribution is -0.299. The van der Waals surface area contributed by atoms with Crippen molar-refractivity contribution in [3.8, 4) is 0 Å². The molecule has 16 atom stereocenters. The first-order valence-electron chi connectivity index (χ1n) is 26.5. The molecule has 2 saturated heterocycles. The summed E-state index contributed by atoms with van der Waals surface area (Å²) in [6.07, 6.45) is -20.7. The van der Waals surface area contributed by atoms with Gasteiger partial charge in [0.05, 0.1) is 56.7 Å². The summed E-state index contributed by atoms with van der Waals surface area (Å²) in [4.78, 5) is 101. The van der Waals surface area contributed by atoms with Crippen LogP contribution < -0.4 is 10.6 Å². The summed E-state index contributed by atoms with van der Waals surface area (Å²) in [6, 6.07) is -3.66. The van der Waals surface area contributed by atoms with Gasteiger partial charge in [-0.05, 0) is 70.5 Å². The lowest BCUT2D eigenvalue weighted by Gasteiger charge is -2.46. The fourth-order valence-corrected chi connectivity index (χ4v) is 11.1. The topological polar surface area (TPSA) is 379 Å². The van der Waals surface area contributed by atoms with Crippen molar-refractivity contribution < 1.29 is 111 Å². The van der Waals surface area contributed by atoms with E-state index in [1.165, 1.54) is 13.8 Å². The highest BCUT2D eigenvalue weighted by molar-refractivity contribution is 7.56. The molecule has 2 aliphatic heterocycles. The summed E-state index contributed by atoms with van der Waals surface area (Å²) in [5.41, 5.74) is -4.60. The lowest BCUT2D eigenvalue weighted by atomic mass is 9.72. The quantitative estimate of drug-likeness (QED) is 0.0162. The smallest absolute Gasteiger partial charge is 0.459 e. The number of carbonyl (C=O) groups is 6. The largest absolute Gasteiger partial charge is 0.470 e. The molecule has 0 aromatic carbocycles. The van der Waals surface area contributed by atoms with Crippen molar-refractivity contribution in [2.45, 2.75) is 226 Å². The number of aliphatic hydroxyl groups excluding tert-OH is 5. The number of hydrogen-bond donors (Lipinski definition) is 10. The molecule has 27 heteroatoms. The molecule has 2 aliphatic rings. The Labute approximate surface area is 471 Å². The molecule has 10 N–H and O–H groups in total. The van der Waals surface area contributed by atoms with Crippen molar-refractivity contribution >= 4 is 51.8 Å². The molecule has 462 valence electrons. The van der Waals surface area contributed by atoms with E-state index in [0.717, 1.165) is 12.2 Å². The molecule has 0 bridgehead atoms. The normalized spacial score (nSPS) is 26.2. The van der Waals surface area contributed by atoms with Crippen LogP contribution in [-0.4, -0.2) is 187 Å². The average Bonchev–Trinajstić information content (AvgIpc) is 3.28. The zero-order chi connectivity index (χ0) is 61.7. The van der Waals surface area contributed by atoms with Gasteiger partial charge in [0.2, 0.25) is 11.8 Å². The number of ether oxygens (including phenoxy) is 7. The second kappa shape index (κ2) is 30.3. The Bertz CT molecular complexity index is 2130. The van der Waals surface area contributed by atoms with Crippen LogP contribution in [0.2, 0.25) is 0 Å². The van der Waals surface area contributed by atoms with Gasteiger partial charge >= 0.3 is 31.4 Å². The molecule has 2 fully saturated rings. The number of rotatable bonds is 30. The molecule has 2 rings (SSSR count). The van der Waals surface area contributed by atoms with Gasteiger partial charge in [-0.1, -0.05) is 88.8 Å². The zero-order valence-corrected chi connectivity index (χ0v) is 50.6. The summed E-state index contributed by atoms with van der Waals surface area (Å²) >= 11 is 0. The maximum absolute atomic E-state index is 14.5. The third kappa shape index (κ3) is 24.7. The minimum Gasteiger partial charge on any atom is -0.459 e. The number of phosphoric ester groups is 1. The summed E-state index contributed by atoms with van der Waals surface area (Å²) in [6.45, 7) is 29.4. The van der Waals surface area contributed by atoms with Gasteiger partial charge in [0.1, 0.15) is 48.7 Å². The predicted octanol–water partition coefficient (Wildman–Crippen LogP) is 3.17. The van der Waals surface area contributed by atoms with E-state index in [0.29, 0.717) is 12.8 Å². The van der Waals surface area contributed by atoms with Crippen LogP contribution in [0.1, 0.15) is 135 Å². The van der Waals surface area contributed by atoms with Crippen LogP contribution in [0.4, 0.5) is 4.79 Å². The first-order chi connectivity index (χ1) is 36.4. The Kier molecular flexibility index (Phi) is 27.5. The van der Waals surface area contributed by atoms with Crippen LogP contribution in [0, 0.1) is 27.6 Å². The number of hydrogen-bond acceptors (Lipinski definition) is 21. The highest BCUT2D eigenvalue weighted by atomic mass is 31.2. The molecule has 0 spiro atoms. The second-order valence-electron chi connectivity index (χ2n) is 25.2. The van der Waals surface area contributed by atoms with Gasteiger partial charge in [0.15, 0.2) is 24.8 Å². The van der Waals surface area contributed by atoms with E-state index < -0.39 is 190 Å². The number of aliphatic hydroxyl groups is 6. The molecule has 12 unspecified atom stereocenters. The Morgan fingerprint density at radius 1 is 0.738 bits per heavy atom. The fourth-order valence-electron chi connectivity index (χ4n) is 10.3. The maximum atomic E-state index is 14.5. The second-order valence-corrected chi connectivity index (χ2v) is 27.3. The molecule has 2 heterocycles. The first kappa shape index (κ1) is 72.6. The lowest BCUT2D eigenvalue weighted by Crippen LogP contribution is -2.68. The summed E-state index contributed by atoms with van der Waals surface area (Å²) < 4.78 is 58.7. The Balaban J connectivity index is 2.83. The van der Waals surface area contributed by atoms with Gasteiger partial charge in [-0.25, -0.2) is 14.2 Å². The third-order valence-corrected chi connectivity index (χ3v) is 14.3. The van der Waals surface area contributed by atoms with Gasteiger partial charge in [0.25, 0.3) is 0 Å². The molecular formula is C53H92N2O23P2. The Morgan fingerprint density at radius 2 is 1.30 bits per heavy atom. The van der Waals surface area contributed by atoms with Crippen molar-refractivity contribution in [1.82, 2.24) is 10.6 Å². The molecule has 0 aliphatic carbocycles. The highest BCUT2D eigenvalue weighted by Crippen LogP contribution is 2.44. The number of carbonyl (C=O) groups excluding carboxylic acids is 6. The van der Waals surface area contributed by atoms with Gasteiger partial charge < -0.3 is 84.2 Å². The Hall–Kier alpha value is -3.52. The van der Waals surface area contributed by atoms with E-state index in [9.17, 15) is 73.8 Å². The molecular weight excluding hydrogens is 1090 g/mol. The molecule has 0 saturated carbocycles. The number of esters is 3. The molecule has 0 aromatic heterocycles. The SMILES string of the molecule is C=CC(=O)O[C@@H](CC(=O)NC1C(OCC2OC(O)C(NC(=O)C[C@H](O)C=C)C(OC(=O)C[C@H](O)C(C)(C)CC(C)(C)O)C2O)OC(CO)C(OP(=O)(O)O)C1OC(=O)C[C@H](OC(=O)PC)C(C)CC(C)(C)C)C(C)(C)CC(C)(C)C. The number of phosphoric acid groups is 1. The molecule has 25 nitrogen and oxygen atoms in total. The van der Waals surface area contributed by atoms with Gasteiger partial charge in [-0.3, -0.25) is 23.7 Å². The van der Waals surface area contributed by atoms with Crippen molar-refractivity contribution in [2.24, 2.45) is 27.6 Å². The van der Waals surface area contributed by atoms with Crippen molar-refractivity contribution in [3.05, 3.63) is 25.3 Å². The number of amides is 2. The maximum Gasteiger partial charge on any atom is 0.470 e. The monoisotopic (exact) mass is 1190 g/mol. The van der Waals surface area contributed by atoms with E-state index >= 15 is 0 Å². The summed E-state index contributed by atoms with van der Waals surface area (Å²) in [5.74, 6) is -5.50. The minimum absolute atomic E-state index is 0.0230. The standard InChI is InChI=1S/C53H92N2O23P2/c1-17-29(57)19-35(59)54-40-44(76-39(63)21-33(58)51(10,11)27-53(14,15)67)42(64)32(72-46(40)65)25-71-47-41(55-36(60)22-34(75-37(61)18-2)52(12,13)26-50(7,8)9)45(43(31(24-56)73-47)78-80(68,69)70)77-38(62)20-30(74-48(66)79-16)28(3)23-49(4,5)6/h17-18,28-34,40-47,56-58,64-65,67,79H,1-2,19-27H2,3-16H3,(H,54,59)(H,55,60)(H2,68,69,70)/t28?,29-,30+,31?,32?,33+,34+,40?,41?,42?,43?,44?,45?,46?,47?/m1/s1. The molecule has 2 amide bonds. The zero-order valence-electron chi connectivity index (χ0n) is 48.7. The number of nitrogens with one attached hydrogen (secondary N) is 2. The molecule has 0 aromatic rings. The van der Waals surface area contributed by atoms with E-state index in [1.54, 1.807) is 41.3 Å². The van der Waals surface area contributed by atoms with E-state index in [1.807, 2.05) is 41.5 Å². The third-order valence-electron chi connectivity index (χ3n) is 13.3. The summed E-state index contributed by atoms with van der Waals surface area (Å²) in [7, 11) is -5.94. The van der Waals surface area contributed by atoms with Gasteiger partial charge in [-0.2, -0.15) is 0 Å². The van der Waals surface area contributed by atoms with E-state index in [2.05, 4.69) is 23.8 Å². The van der Waals surface area contributed by atoms with E-state index in [-0.39, 0.29) is 25.8 Å². The van der Waals surface area contributed by atoms with Crippen LogP contribution in [0.25, 0.3) is 0 Å². The van der Waals surface area contributed by atoms with Crippen molar-refractivity contribution in [2.75, 3.05) is 19.9 Å². The molecule has 0 radical (unpaired) electrons. The van der Waals surface area contributed by atoms with Gasteiger partial charge in [-0.15, -0.1) is 6.58 Å². The van der Waals surface area contributed by atoms with E-state index in [4.69, 9.17) is 37.7 Å². The molecule has 80 heavy (non-hydrogen) atoms. The predicted molar refractivity (Wildman–Crippen MR) is 290 cm³/mol. The van der Waals surface area contributed by atoms with Crippen molar-refractivity contribution in [1.29, 1.82) is 0 Å².